The molecule has 0 atom stereocenters. The monoisotopic (exact) mass is 227 g/mol. The number of nitrogens with one attached hydrogen (secondary N) is 1. The number of nitrogens with zero attached hydrogens (tertiary/aromatic N) is 1. The molecule has 1 aliphatic carbocycles. The van der Waals surface area contributed by atoms with Gasteiger partial charge >= 0.3 is 0 Å². The van der Waals surface area contributed by atoms with Crippen LogP contribution < -0.4 is 11.1 Å². The Hall–Kier alpha value is -1.26. The maximum absolute atomic E-state index is 11.8. The molecular weight excluding hydrogens is 206 g/mol. The minimum absolute atomic E-state index is 0.0360. The first kappa shape index (κ1) is 12.8. The molecule has 0 unspecified atom stereocenters. The fourth-order valence-electron chi connectivity index (χ4n) is 1.70. The van der Waals surface area contributed by atoms with Gasteiger partial charge in [0.1, 0.15) is 5.41 Å². The molecule has 5 heteroatoms. The summed E-state index contributed by atoms with van der Waals surface area (Å²) in [6.07, 6.45) is 3.42. The lowest BCUT2D eigenvalue weighted by Crippen LogP contribution is -2.41. The minimum atomic E-state index is -0.716. The molecule has 1 rings (SSSR count). The summed E-state index contributed by atoms with van der Waals surface area (Å²) >= 11 is 0. The first-order valence-corrected chi connectivity index (χ1v) is 5.79. The highest BCUT2D eigenvalue weighted by Crippen LogP contribution is 2.45. The van der Waals surface area contributed by atoms with Crippen molar-refractivity contribution in [3.8, 4) is 0 Å². The highest BCUT2D eigenvalue weighted by atomic mass is 16.4. The molecular formula is C11H21N3O2. The van der Waals surface area contributed by atoms with E-state index < -0.39 is 5.41 Å². The molecule has 1 fully saturated rings. The second-order valence-electron chi connectivity index (χ2n) is 4.86. The number of carbonyl (C=O) groups is 1. The fourth-order valence-corrected chi connectivity index (χ4v) is 1.70. The molecule has 1 saturated carbocycles. The Morgan fingerprint density at radius 3 is 2.62 bits per heavy atom. The molecule has 16 heavy (non-hydrogen) atoms. The molecule has 0 aliphatic heterocycles. The van der Waals surface area contributed by atoms with Crippen LogP contribution >= 0.6 is 0 Å². The van der Waals surface area contributed by atoms with E-state index in [4.69, 9.17) is 10.9 Å². The SMILES string of the molecule is CC(C)CCCNC(=O)C1(C(N)=NO)CC1. The molecule has 5 nitrogen and oxygen atoms in total. The molecule has 0 aromatic heterocycles. The van der Waals surface area contributed by atoms with Crippen molar-refractivity contribution < 1.29 is 10.0 Å². The summed E-state index contributed by atoms with van der Waals surface area (Å²) in [7, 11) is 0. The minimum Gasteiger partial charge on any atom is -0.409 e. The Morgan fingerprint density at radius 2 is 2.19 bits per heavy atom. The fraction of sp³-hybridized carbons (Fsp3) is 0.818. The average molecular weight is 227 g/mol. The number of rotatable bonds is 6. The molecule has 4 N–H and O–H groups in total. The summed E-state index contributed by atoms with van der Waals surface area (Å²) in [6, 6.07) is 0. The highest BCUT2D eigenvalue weighted by molar-refractivity contribution is 6.09. The van der Waals surface area contributed by atoms with Crippen LogP contribution in [0.3, 0.4) is 0 Å². The Labute approximate surface area is 96.1 Å². The van der Waals surface area contributed by atoms with E-state index in [1.54, 1.807) is 0 Å². The Bertz CT molecular complexity index is 283. The number of nitrogens with two attached hydrogens (primary N) is 1. The normalized spacial score (nSPS) is 18.6. The van der Waals surface area contributed by atoms with Crippen LogP contribution in [0.25, 0.3) is 0 Å². The van der Waals surface area contributed by atoms with E-state index in [0.29, 0.717) is 25.3 Å². The number of oxime groups is 1. The van der Waals surface area contributed by atoms with Gasteiger partial charge in [-0.15, -0.1) is 0 Å². The van der Waals surface area contributed by atoms with Crippen LogP contribution in [0.15, 0.2) is 5.16 Å². The van der Waals surface area contributed by atoms with E-state index in [-0.39, 0.29) is 11.7 Å². The highest BCUT2D eigenvalue weighted by Gasteiger charge is 2.53. The summed E-state index contributed by atoms with van der Waals surface area (Å²) in [6.45, 7) is 4.97. The quantitative estimate of drug-likeness (QED) is 0.208. The predicted octanol–water partition coefficient (Wildman–Crippen LogP) is 1.07. The number of amides is 1. The summed E-state index contributed by atoms with van der Waals surface area (Å²) in [4.78, 5) is 11.8. The van der Waals surface area contributed by atoms with Crippen molar-refractivity contribution in [2.45, 2.75) is 39.5 Å². The van der Waals surface area contributed by atoms with Crippen molar-refractivity contribution in [2.75, 3.05) is 6.54 Å². The smallest absolute Gasteiger partial charge is 0.233 e. The molecule has 0 radical (unpaired) electrons. The van der Waals surface area contributed by atoms with Crippen LogP contribution in [0.5, 0.6) is 0 Å². The second kappa shape index (κ2) is 5.18. The average Bonchev–Trinajstić information content (AvgIpc) is 3.03. The van der Waals surface area contributed by atoms with Gasteiger partial charge in [-0.1, -0.05) is 19.0 Å². The van der Waals surface area contributed by atoms with Gasteiger partial charge < -0.3 is 16.3 Å². The molecule has 0 aromatic rings. The van der Waals surface area contributed by atoms with Crippen molar-refractivity contribution in [2.24, 2.45) is 22.2 Å². The van der Waals surface area contributed by atoms with Gasteiger partial charge in [-0.05, 0) is 31.6 Å². The largest absolute Gasteiger partial charge is 0.409 e. The molecule has 92 valence electrons. The number of amidine groups is 1. The van der Waals surface area contributed by atoms with E-state index in [0.717, 1.165) is 12.8 Å². The van der Waals surface area contributed by atoms with E-state index in [1.165, 1.54) is 0 Å². The van der Waals surface area contributed by atoms with E-state index in [9.17, 15) is 4.79 Å². The third-order valence-electron chi connectivity index (χ3n) is 3.03. The summed E-state index contributed by atoms with van der Waals surface area (Å²) in [5, 5.41) is 14.4. The zero-order valence-corrected chi connectivity index (χ0v) is 9.99. The van der Waals surface area contributed by atoms with Crippen molar-refractivity contribution in [1.29, 1.82) is 0 Å². The first-order valence-electron chi connectivity index (χ1n) is 5.79. The number of carbonyl (C=O) groups excluding carboxylic acids is 1. The van der Waals surface area contributed by atoms with Crippen LogP contribution in [-0.2, 0) is 4.79 Å². The molecule has 0 aromatic carbocycles. The topological polar surface area (TPSA) is 87.7 Å². The van der Waals surface area contributed by atoms with Gasteiger partial charge in [0.2, 0.25) is 5.91 Å². The van der Waals surface area contributed by atoms with Crippen LogP contribution in [0.4, 0.5) is 0 Å². The lowest BCUT2D eigenvalue weighted by atomic mass is 10.0. The first-order chi connectivity index (χ1) is 7.53. The van der Waals surface area contributed by atoms with Crippen molar-refractivity contribution in [3.63, 3.8) is 0 Å². The van der Waals surface area contributed by atoms with E-state index >= 15 is 0 Å². The summed E-state index contributed by atoms with van der Waals surface area (Å²) in [5.74, 6) is 0.580. The zero-order chi connectivity index (χ0) is 12.2. The van der Waals surface area contributed by atoms with Gasteiger partial charge in [0.15, 0.2) is 5.84 Å². The molecule has 1 aliphatic rings. The lowest BCUT2D eigenvalue weighted by Gasteiger charge is -2.13. The lowest BCUT2D eigenvalue weighted by molar-refractivity contribution is -0.124. The zero-order valence-electron chi connectivity index (χ0n) is 9.99. The van der Waals surface area contributed by atoms with E-state index in [1.807, 2.05) is 0 Å². The van der Waals surface area contributed by atoms with Crippen molar-refractivity contribution in [1.82, 2.24) is 5.32 Å². The summed E-state index contributed by atoms with van der Waals surface area (Å²) < 4.78 is 0. The maximum Gasteiger partial charge on any atom is 0.233 e. The van der Waals surface area contributed by atoms with Crippen LogP contribution in [-0.4, -0.2) is 23.5 Å². The van der Waals surface area contributed by atoms with Gasteiger partial charge in [0, 0.05) is 6.54 Å². The standard InChI is InChI=1S/C11H21N3O2/c1-8(2)4-3-7-13-10(15)11(5-6-11)9(12)14-16/h8,16H,3-7H2,1-2H3,(H2,12,14)(H,13,15). The van der Waals surface area contributed by atoms with Crippen LogP contribution in [0, 0.1) is 11.3 Å². The molecule has 1 amide bonds. The van der Waals surface area contributed by atoms with Crippen molar-refractivity contribution in [3.05, 3.63) is 0 Å². The predicted molar refractivity (Wildman–Crippen MR) is 62.2 cm³/mol. The van der Waals surface area contributed by atoms with Gasteiger partial charge in [-0.3, -0.25) is 4.79 Å². The van der Waals surface area contributed by atoms with Gasteiger partial charge in [-0.25, -0.2) is 0 Å². The Morgan fingerprint density at radius 1 is 1.56 bits per heavy atom. The maximum atomic E-state index is 11.8. The van der Waals surface area contributed by atoms with Gasteiger partial charge in [0.25, 0.3) is 0 Å². The molecule has 0 spiro atoms. The van der Waals surface area contributed by atoms with Crippen LogP contribution in [0.2, 0.25) is 0 Å². The third-order valence-corrected chi connectivity index (χ3v) is 3.03. The number of hydrogen-bond donors (Lipinski definition) is 3. The second-order valence-corrected chi connectivity index (χ2v) is 4.86. The molecule has 0 saturated heterocycles. The van der Waals surface area contributed by atoms with E-state index in [2.05, 4.69) is 24.3 Å². The van der Waals surface area contributed by atoms with Gasteiger partial charge in [0.05, 0.1) is 0 Å². The molecule has 0 heterocycles. The van der Waals surface area contributed by atoms with Gasteiger partial charge in [-0.2, -0.15) is 0 Å². The Kier molecular flexibility index (Phi) is 4.15. The van der Waals surface area contributed by atoms with Crippen LogP contribution in [0.1, 0.15) is 39.5 Å². The Balaban J connectivity index is 2.31. The van der Waals surface area contributed by atoms with Crippen molar-refractivity contribution >= 4 is 11.7 Å². The molecule has 0 bridgehead atoms. The summed E-state index contributed by atoms with van der Waals surface area (Å²) in [5.41, 5.74) is 4.79. The number of hydrogen-bond acceptors (Lipinski definition) is 3. The third kappa shape index (κ3) is 2.87.